The first-order chi connectivity index (χ1) is 12.0. The summed E-state index contributed by atoms with van der Waals surface area (Å²) in [6.45, 7) is 3.92. The molecule has 1 N–H and O–H groups in total. The van der Waals surface area contributed by atoms with Gasteiger partial charge >= 0.3 is 5.97 Å². The number of hydrogen-bond donors (Lipinski definition) is 1. The predicted octanol–water partition coefficient (Wildman–Crippen LogP) is 3.52. The summed E-state index contributed by atoms with van der Waals surface area (Å²) >= 11 is 0. The van der Waals surface area contributed by atoms with E-state index in [1.807, 2.05) is 25.1 Å². The van der Waals surface area contributed by atoms with Crippen molar-refractivity contribution in [2.45, 2.75) is 52.0 Å². The van der Waals surface area contributed by atoms with Crippen molar-refractivity contribution in [3.63, 3.8) is 0 Å². The monoisotopic (exact) mass is 343 g/mol. The Hall–Kier alpha value is -2.30. The van der Waals surface area contributed by atoms with E-state index in [-0.39, 0.29) is 25.0 Å². The molecule has 0 saturated heterocycles. The maximum atomic E-state index is 12.0. The highest BCUT2D eigenvalue weighted by molar-refractivity contribution is 5.87. The molecule has 1 aliphatic carbocycles. The smallest absolute Gasteiger partial charge is 0.310 e. The average molecular weight is 343 g/mol. The van der Waals surface area contributed by atoms with Gasteiger partial charge in [0, 0.05) is 17.0 Å². The third-order valence-corrected chi connectivity index (χ3v) is 4.97. The van der Waals surface area contributed by atoms with Gasteiger partial charge in [-0.1, -0.05) is 31.9 Å². The van der Waals surface area contributed by atoms with Crippen LogP contribution in [0.1, 0.15) is 43.7 Å². The fraction of sp³-hybridized carbons (Fsp3) is 0.500. The summed E-state index contributed by atoms with van der Waals surface area (Å²) in [7, 11) is 0. The van der Waals surface area contributed by atoms with Gasteiger partial charge < -0.3 is 14.5 Å². The van der Waals surface area contributed by atoms with Gasteiger partial charge in [-0.25, -0.2) is 0 Å². The summed E-state index contributed by atoms with van der Waals surface area (Å²) in [6, 6.07) is 6.04. The van der Waals surface area contributed by atoms with Gasteiger partial charge in [-0.05, 0) is 37.3 Å². The van der Waals surface area contributed by atoms with Crippen molar-refractivity contribution in [3.8, 4) is 0 Å². The summed E-state index contributed by atoms with van der Waals surface area (Å²) < 4.78 is 10.6. The molecule has 0 radical (unpaired) electrons. The van der Waals surface area contributed by atoms with Crippen LogP contribution in [0, 0.1) is 12.8 Å². The first kappa shape index (κ1) is 17.5. The topological polar surface area (TPSA) is 68.5 Å². The van der Waals surface area contributed by atoms with Crippen LogP contribution in [0.5, 0.6) is 0 Å². The van der Waals surface area contributed by atoms with Gasteiger partial charge in [-0.2, -0.15) is 0 Å². The lowest BCUT2D eigenvalue weighted by molar-refractivity contribution is -0.148. The SMILES string of the molecule is Cc1ccc2c(CC(=O)OCC(=O)N[C@@H]3CCCC[C@@H]3C)coc2c1. The number of rotatable bonds is 5. The molecular formula is C20H25NO4. The van der Waals surface area contributed by atoms with E-state index < -0.39 is 5.97 Å². The first-order valence-corrected chi connectivity index (χ1v) is 8.94. The van der Waals surface area contributed by atoms with E-state index in [0.29, 0.717) is 5.92 Å². The molecule has 134 valence electrons. The summed E-state index contributed by atoms with van der Waals surface area (Å²) in [6.07, 6.45) is 6.18. The standard InChI is InChI=1S/C20H25NO4/c1-13-7-8-16-15(11-24-18(16)9-13)10-20(23)25-12-19(22)21-17-6-4-3-5-14(17)2/h7-9,11,14,17H,3-6,10,12H2,1-2H3,(H,21,22)/t14-,17+/m0/s1. The van der Waals surface area contributed by atoms with E-state index >= 15 is 0 Å². The third kappa shape index (κ3) is 4.41. The molecule has 3 rings (SSSR count). The molecule has 1 saturated carbocycles. The van der Waals surface area contributed by atoms with Gasteiger partial charge in [0.05, 0.1) is 12.7 Å². The van der Waals surface area contributed by atoms with Crippen LogP contribution >= 0.6 is 0 Å². The third-order valence-electron chi connectivity index (χ3n) is 4.97. The molecule has 1 fully saturated rings. The second-order valence-electron chi connectivity index (χ2n) is 7.03. The van der Waals surface area contributed by atoms with Crippen LogP contribution in [-0.4, -0.2) is 24.5 Å². The minimum atomic E-state index is -0.421. The van der Waals surface area contributed by atoms with Gasteiger partial charge in [0.1, 0.15) is 5.58 Å². The Morgan fingerprint density at radius 2 is 2.08 bits per heavy atom. The van der Waals surface area contributed by atoms with Gasteiger partial charge in [-0.3, -0.25) is 9.59 Å². The zero-order valence-electron chi connectivity index (χ0n) is 14.8. The molecule has 2 atom stereocenters. The summed E-state index contributed by atoms with van der Waals surface area (Å²) in [5.74, 6) is -0.163. The number of fused-ring (bicyclic) bond motifs is 1. The Morgan fingerprint density at radius 3 is 2.88 bits per heavy atom. The van der Waals surface area contributed by atoms with Crippen molar-refractivity contribution < 1.29 is 18.7 Å². The van der Waals surface area contributed by atoms with Gasteiger partial charge in [0.2, 0.25) is 0 Å². The lowest BCUT2D eigenvalue weighted by Gasteiger charge is -2.29. The molecule has 0 aliphatic heterocycles. The normalized spacial score (nSPS) is 20.4. The minimum Gasteiger partial charge on any atom is -0.464 e. The number of carbonyl (C=O) groups excluding carboxylic acids is 2. The number of carbonyl (C=O) groups is 2. The number of esters is 1. The molecule has 1 amide bonds. The molecule has 0 bridgehead atoms. The molecular weight excluding hydrogens is 318 g/mol. The van der Waals surface area contributed by atoms with Crippen molar-refractivity contribution in [1.82, 2.24) is 5.32 Å². The maximum Gasteiger partial charge on any atom is 0.310 e. The molecule has 25 heavy (non-hydrogen) atoms. The van der Waals surface area contributed by atoms with Crippen molar-refractivity contribution in [1.29, 1.82) is 0 Å². The second-order valence-corrected chi connectivity index (χ2v) is 7.03. The molecule has 5 heteroatoms. The second kappa shape index (κ2) is 7.72. The van der Waals surface area contributed by atoms with E-state index in [9.17, 15) is 9.59 Å². The lowest BCUT2D eigenvalue weighted by Crippen LogP contribution is -2.42. The van der Waals surface area contributed by atoms with E-state index in [2.05, 4.69) is 12.2 Å². The van der Waals surface area contributed by atoms with Crippen LogP contribution < -0.4 is 5.32 Å². The van der Waals surface area contributed by atoms with Crippen molar-refractivity contribution in [2.24, 2.45) is 5.92 Å². The molecule has 1 aromatic carbocycles. The zero-order valence-corrected chi connectivity index (χ0v) is 14.8. The fourth-order valence-electron chi connectivity index (χ4n) is 3.46. The average Bonchev–Trinajstić information content (AvgIpc) is 2.97. The van der Waals surface area contributed by atoms with Gasteiger partial charge in [0.25, 0.3) is 5.91 Å². The first-order valence-electron chi connectivity index (χ1n) is 8.94. The molecule has 1 heterocycles. The Labute approximate surface area is 147 Å². The van der Waals surface area contributed by atoms with Crippen molar-refractivity contribution >= 4 is 22.8 Å². The summed E-state index contributed by atoms with van der Waals surface area (Å²) in [5.41, 5.74) is 2.64. The van der Waals surface area contributed by atoms with Gasteiger partial charge in [0.15, 0.2) is 6.61 Å². The number of ether oxygens (including phenoxy) is 1. The summed E-state index contributed by atoms with van der Waals surface area (Å²) in [4.78, 5) is 24.0. The highest BCUT2D eigenvalue weighted by Gasteiger charge is 2.23. The van der Waals surface area contributed by atoms with Crippen molar-refractivity contribution in [3.05, 3.63) is 35.6 Å². The Bertz CT molecular complexity index is 764. The summed E-state index contributed by atoms with van der Waals surface area (Å²) in [5, 5.41) is 3.89. The van der Waals surface area contributed by atoms with E-state index in [1.165, 1.54) is 6.42 Å². The Kier molecular flexibility index (Phi) is 5.41. The maximum absolute atomic E-state index is 12.0. The number of hydrogen-bond acceptors (Lipinski definition) is 4. The molecule has 0 spiro atoms. The van der Waals surface area contributed by atoms with Gasteiger partial charge in [-0.15, -0.1) is 0 Å². The number of benzene rings is 1. The van der Waals surface area contributed by atoms with Crippen LogP contribution in [0.2, 0.25) is 0 Å². The number of aryl methyl sites for hydroxylation is 1. The fourth-order valence-corrected chi connectivity index (χ4v) is 3.46. The van der Waals surface area contributed by atoms with E-state index in [1.54, 1.807) is 6.26 Å². The van der Waals surface area contributed by atoms with Crippen LogP contribution in [0.4, 0.5) is 0 Å². The quantitative estimate of drug-likeness (QED) is 0.844. The molecule has 1 aromatic heterocycles. The number of furan rings is 1. The highest BCUT2D eigenvalue weighted by Crippen LogP contribution is 2.24. The number of nitrogens with one attached hydrogen (secondary N) is 1. The molecule has 0 unspecified atom stereocenters. The van der Waals surface area contributed by atoms with Crippen LogP contribution in [-0.2, 0) is 20.7 Å². The van der Waals surface area contributed by atoms with E-state index in [0.717, 1.165) is 41.4 Å². The molecule has 5 nitrogen and oxygen atoms in total. The lowest BCUT2D eigenvalue weighted by atomic mass is 9.86. The minimum absolute atomic E-state index is 0.100. The molecule has 1 aliphatic rings. The Balaban J connectivity index is 1.49. The predicted molar refractivity (Wildman–Crippen MR) is 95.2 cm³/mol. The van der Waals surface area contributed by atoms with E-state index in [4.69, 9.17) is 9.15 Å². The number of amides is 1. The van der Waals surface area contributed by atoms with Crippen LogP contribution in [0.15, 0.2) is 28.9 Å². The van der Waals surface area contributed by atoms with Crippen LogP contribution in [0.3, 0.4) is 0 Å². The van der Waals surface area contributed by atoms with Crippen molar-refractivity contribution in [2.75, 3.05) is 6.61 Å². The largest absolute Gasteiger partial charge is 0.464 e. The Morgan fingerprint density at radius 1 is 1.28 bits per heavy atom. The zero-order chi connectivity index (χ0) is 17.8. The molecule has 2 aromatic rings. The highest BCUT2D eigenvalue weighted by atomic mass is 16.5. The van der Waals surface area contributed by atoms with Crippen LogP contribution in [0.25, 0.3) is 11.0 Å².